The molecule has 21 heavy (non-hydrogen) atoms. The van der Waals surface area contributed by atoms with Gasteiger partial charge in [0.25, 0.3) is 5.91 Å². The average molecular weight is 300 g/mol. The number of aliphatic hydroxyl groups is 1. The van der Waals surface area contributed by atoms with Crippen LogP contribution in [0.4, 0.5) is 5.13 Å². The standard InChI is InChI=1S/C16H16N2O2S/c1-11-6-7-14(9-13(11)5-3-4-8-19)15(20)18-16-17-10-12(2)21-16/h6-7,9-10,19H,4,8H2,1-2H3,(H,17,18,20). The molecule has 0 unspecified atom stereocenters. The normalized spacial score (nSPS) is 9.86. The number of nitrogens with one attached hydrogen (secondary N) is 1. The number of thiazole rings is 1. The summed E-state index contributed by atoms with van der Waals surface area (Å²) in [6.07, 6.45) is 2.15. The van der Waals surface area contributed by atoms with Crippen molar-refractivity contribution in [1.82, 2.24) is 4.98 Å². The summed E-state index contributed by atoms with van der Waals surface area (Å²) in [6, 6.07) is 5.39. The van der Waals surface area contributed by atoms with Gasteiger partial charge in [0.15, 0.2) is 5.13 Å². The fourth-order valence-electron chi connectivity index (χ4n) is 1.69. The second-order valence-corrected chi connectivity index (χ2v) is 5.77. The number of hydrogen-bond donors (Lipinski definition) is 2. The highest BCUT2D eigenvalue weighted by Crippen LogP contribution is 2.18. The highest BCUT2D eigenvalue weighted by molar-refractivity contribution is 7.15. The fourth-order valence-corrected chi connectivity index (χ4v) is 2.35. The topological polar surface area (TPSA) is 62.2 Å². The zero-order chi connectivity index (χ0) is 15.2. The lowest BCUT2D eigenvalue weighted by Gasteiger charge is -2.04. The molecule has 0 spiro atoms. The van der Waals surface area contributed by atoms with E-state index >= 15 is 0 Å². The van der Waals surface area contributed by atoms with Crippen molar-refractivity contribution in [2.75, 3.05) is 11.9 Å². The van der Waals surface area contributed by atoms with Crippen molar-refractivity contribution in [3.05, 3.63) is 46.0 Å². The largest absolute Gasteiger partial charge is 0.395 e. The first-order chi connectivity index (χ1) is 10.1. The molecule has 5 heteroatoms. The van der Waals surface area contributed by atoms with Crippen molar-refractivity contribution >= 4 is 22.4 Å². The molecule has 1 aromatic heterocycles. The lowest BCUT2D eigenvalue weighted by atomic mass is 10.0. The number of amides is 1. The second-order valence-electron chi connectivity index (χ2n) is 4.54. The quantitative estimate of drug-likeness (QED) is 0.857. The molecule has 1 heterocycles. The van der Waals surface area contributed by atoms with E-state index in [4.69, 9.17) is 5.11 Å². The minimum Gasteiger partial charge on any atom is -0.395 e. The number of hydrogen-bond acceptors (Lipinski definition) is 4. The van der Waals surface area contributed by atoms with Gasteiger partial charge in [-0.2, -0.15) is 0 Å². The Morgan fingerprint density at radius 2 is 2.24 bits per heavy atom. The van der Waals surface area contributed by atoms with Crippen LogP contribution in [-0.2, 0) is 0 Å². The van der Waals surface area contributed by atoms with E-state index in [-0.39, 0.29) is 12.5 Å². The van der Waals surface area contributed by atoms with E-state index in [1.165, 1.54) is 11.3 Å². The number of anilines is 1. The van der Waals surface area contributed by atoms with Gasteiger partial charge in [0.2, 0.25) is 0 Å². The zero-order valence-electron chi connectivity index (χ0n) is 11.9. The molecule has 1 amide bonds. The van der Waals surface area contributed by atoms with Crippen LogP contribution in [0.1, 0.15) is 32.8 Å². The Balaban J connectivity index is 2.18. The van der Waals surface area contributed by atoms with Crippen molar-refractivity contribution in [1.29, 1.82) is 0 Å². The predicted octanol–water partition coefficient (Wildman–Crippen LogP) is 2.75. The van der Waals surface area contributed by atoms with Crippen LogP contribution in [0.2, 0.25) is 0 Å². The van der Waals surface area contributed by atoms with Gasteiger partial charge in [0, 0.05) is 28.6 Å². The molecule has 4 nitrogen and oxygen atoms in total. The minimum absolute atomic E-state index is 0.0373. The molecule has 0 aliphatic heterocycles. The lowest BCUT2D eigenvalue weighted by Crippen LogP contribution is -2.12. The minimum atomic E-state index is -0.199. The van der Waals surface area contributed by atoms with Crippen molar-refractivity contribution in [2.24, 2.45) is 0 Å². The first-order valence-corrected chi connectivity index (χ1v) is 7.36. The van der Waals surface area contributed by atoms with Crippen LogP contribution in [0.5, 0.6) is 0 Å². The molecule has 108 valence electrons. The summed E-state index contributed by atoms with van der Waals surface area (Å²) in [6.45, 7) is 3.92. The molecule has 0 bridgehead atoms. The molecular formula is C16H16N2O2S. The lowest BCUT2D eigenvalue weighted by molar-refractivity contribution is 0.102. The van der Waals surface area contributed by atoms with Gasteiger partial charge in [-0.05, 0) is 31.5 Å². The number of nitrogens with zero attached hydrogens (tertiary/aromatic N) is 1. The Labute approximate surface area is 127 Å². The monoisotopic (exact) mass is 300 g/mol. The number of aliphatic hydroxyl groups excluding tert-OH is 1. The van der Waals surface area contributed by atoms with E-state index in [1.807, 2.05) is 19.9 Å². The summed E-state index contributed by atoms with van der Waals surface area (Å²) in [4.78, 5) is 17.3. The van der Waals surface area contributed by atoms with Crippen LogP contribution in [0.15, 0.2) is 24.4 Å². The van der Waals surface area contributed by atoms with E-state index in [0.717, 1.165) is 16.0 Å². The summed E-state index contributed by atoms with van der Waals surface area (Å²) >= 11 is 1.44. The second kappa shape index (κ2) is 7.02. The van der Waals surface area contributed by atoms with Crippen molar-refractivity contribution in [2.45, 2.75) is 20.3 Å². The Morgan fingerprint density at radius 1 is 1.43 bits per heavy atom. The summed E-state index contributed by atoms with van der Waals surface area (Å²) < 4.78 is 0. The molecule has 0 saturated carbocycles. The molecule has 1 aromatic carbocycles. The number of aryl methyl sites for hydroxylation is 2. The van der Waals surface area contributed by atoms with Gasteiger partial charge in [0.05, 0.1) is 6.61 Å². The molecule has 0 saturated heterocycles. The molecule has 2 aromatic rings. The molecule has 0 aliphatic carbocycles. The van der Waals surface area contributed by atoms with E-state index in [9.17, 15) is 4.79 Å². The number of carbonyl (C=O) groups excluding carboxylic acids is 1. The van der Waals surface area contributed by atoms with Crippen molar-refractivity contribution in [3.63, 3.8) is 0 Å². The van der Waals surface area contributed by atoms with Gasteiger partial charge < -0.3 is 5.11 Å². The van der Waals surface area contributed by atoms with Gasteiger partial charge >= 0.3 is 0 Å². The molecule has 2 rings (SSSR count). The van der Waals surface area contributed by atoms with Crippen LogP contribution in [0, 0.1) is 25.7 Å². The van der Waals surface area contributed by atoms with Crippen LogP contribution >= 0.6 is 11.3 Å². The molecule has 0 aliphatic rings. The average Bonchev–Trinajstić information content (AvgIpc) is 2.86. The van der Waals surface area contributed by atoms with Gasteiger partial charge in [-0.15, -0.1) is 11.3 Å². The number of benzene rings is 1. The molecular weight excluding hydrogens is 284 g/mol. The highest BCUT2D eigenvalue weighted by Gasteiger charge is 2.09. The number of carbonyl (C=O) groups is 1. The van der Waals surface area contributed by atoms with E-state index < -0.39 is 0 Å². The van der Waals surface area contributed by atoms with Gasteiger partial charge in [0.1, 0.15) is 0 Å². The smallest absolute Gasteiger partial charge is 0.257 e. The Bertz CT molecular complexity index is 711. The summed E-state index contributed by atoms with van der Waals surface area (Å²) in [5, 5.41) is 12.1. The molecule has 0 radical (unpaired) electrons. The predicted molar refractivity (Wildman–Crippen MR) is 84.6 cm³/mol. The van der Waals surface area contributed by atoms with Crippen molar-refractivity contribution in [3.8, 4) is 11.8 Å². The number of aromatic nitrogens is 1. The SMILES string of the molecule is Cc1cnc(NC(=O)c2ccc(C)c(C#CCCO)c2)s1. The van der Waals surface area contributed by atoms with E-state index in [1.54, 1.807) is 18.3 Å². The third-order valence-electron chi connectivity index (χ3n) is 2.80. The van der Waals surface area contributed by atoms with Crippen LogP contribution in [-0.4, -0.2) is 22.6 Å². The van der Waals surface area contributed by atoms with Gasteiger partial charge in [-0.3, -0.25) is 10.1 Å². The van der Waals surface area contributed by atoms with Crippen LogP contribution in [0.3, 0.4) is 0 Å². The first kappa shape index (κ1) is 15.2. The maximum absolute atomic E-state index is 12.2. The summed E-state index contributed by atoms with van der Waals surface area (Å²) in [5.41, 5.74) is 2.34. The third kappa shape index (κ3) is 4.15. The van der Waals surface area contributed by atoms with E-state index in [0.29, 0.717) is 17.1 Å². The summed E-state index contributed by atoms with van der Waals surface area (Å²) in [5.74, 6) is 5.64. The Morgan fingerprint density at radius 3 is 2.90 bits per heavy atom. The molecule has 2 N–H and O–H groups in total. The molecule has 0 atom stereocenters. The van der Waals surface area contributed by atoms with Crippen LogP contribution in [0.25, 0.3) is 0 Å². The van der Waals surface area contributed by atoms with E-state index in [2.05, 4.69) is 22.1 Å². The fraction of sp³-hybridized carbons (Fsp3) is 0.250. The third-order valence-corrected chi connectivity index (χ3v) is 3.63. The van der Waals surface area contributed by atoms with Crippen LogP contribution < -0.4 is 5.32 Å². The highest BCUT2D eigenvalue weighted by atomic mass is 32.1. The maximum atomic E-state index is 12.2. The number of rotatable bonds is 3. The van der Waals surface area contributed by atoms with Gasteiger partial charge in [-0.1, -0.05) is 17.9 Å². The first-order valence-electron chi connectivity index (χ1n) is 6.54. The molecule has 0 fully saturated rings. The Kier molecular flexibility index (Phi) is 5.09. The van der Waals surface area contributed by atoms with Gasteiger partial charge in [-0.25, -0.2) is 4.98 Å². The Hall–Kier alpha value is -2.16. The van der Waals surface area contributed by atoms with Crippen molar-refractivity contribution < 1.29 is 9.90 Å². The maximum Gasteiger partial charge on any atom is 0.257 e. The zero-order valence-corrected chi connectivity index (χ0v) is 12.8. The summed E-state index contributed by atoms with van der Waals surface area (Å²) in [7, 11) is 0.